The van der Waals surface area contributed by atoms with E-state index in [1.165, 1.54) is 11.3 Å². The molecule has 5 N–H and O–H groups in total. The van der Waals surface area contributed by atoms with E-state index >= 15 is 0 Å². The molecule has 0 aliphatic carbocycles. The molecular formula is C30H35N5O4S. The number of carbonyl (C=O) groups is 3. The average molecular weight is 562 g/mol. The smallest absolute Gasteiger partial charge is 0.243 e. The first kappa shape index (κ1) is 28.8. The Labute approximate surface area is 238 Å². The van der Waals surface area contributed by atoms with Gasteiger partial charge in [0.05, 0.1) is 19.7 Å². The second-order valence-corrected chi connectivity index (χ2v) is 10.9. The van der Waals surface area contributed by atoms with Gasteiger partial charge in [0.1, 0.15) is 17.6 Å². The molecule has 2 aromatic carbocycles. The number of amidine groups is 1. The van der Waals surface area contributed by atoms with E-state index in [2.05, 4.69) is 16.7 Å². The predicted octanol–water partition coefficient (Wildman–Crippen LogP) is 3.32. The zero-order valence-electron chi connectivity index (χ0n) is 22.5. The molecule has 210 valence electrons. The van der Waals surface area contributed by atoms with Crippen LogP contribution in [0.3, 0.4) is 0 Å². The number of hydrogen-bond acceptors (Lipinski definition) is 6. The van der Waals surface area contributed by atoms with Gasteiger partial charge >= 0.3 is 0 Å². The van der Waals surface area contributed by atoms with Crippen LogP contribution >= 0.6 is 11.3 Å². The van der Waals surface area contributed by atoms with E-state index in [1.54, 1.807) is 16.3 Å². The third-order valence-corrected chi connectivity index (χ3v) is 7.77. The van der Waals surface area contributed by atoms with Gasteiger partial charge in [0, 0.05) is 34.7 Å². The van der Waals surface area contributed by atoms with Crippen LogP contribution in [0.5, 0.6) is 5.75 Å². The fourth-order valence-electron chi connectivity index (χ4n) is 4.74. The molecule has 1 saturated heterocycles. The number of para-hydroxylation sites is 1. The van der Waals surface area contributed by atoms with Gasteiger partial charge in [-0.1, -0.05) is 48.0 Å². The minimum atomic E-state index is -0.651. The van der Waals surface area contributed by atoms with E-state index in [9.17, 15) is 14.4 Å². The van der Waals surface area contributed by atoms with Crippen molar-refractivity contribution in [3.8, 4) is 5.75 Å². The fraction of sp³-hybridized carbons (Fsp3) is 0.333. The molecular weight excluding hydrogens is 526 g/mol. The number of carbonyl (C=O) groups excluding carboxylic acids is 3. The Hall–Kier alpha value is -4.18. The van der Waals surface area contributed by atoms with Crippen molar-refractivity contribution in [1.29, 1.82) is 5.41 Å². The highest BCUT2D eigenvalue weighted by atomic mass is 32.1. The molecule has 2 heterocycles. The lowest BCUT2D eigenvalue weighted by Crippen LogP contribution is -2.48. The van der Waals surface area contributed by atoms with Gasteiger partial charge in [0.15, 0.2) is 0 Å². The van der Waals surface area contributed by atoms with Gasteiger partial charge in [-0.05, 0) is 43.5 Å². The predicted molar refractivity (Wildman–Crippen MR) is 155 cm³/mol. The summed E-state index contributed by atoms with van der Waals surface area (Å²) in [6, 6.07) is 18.6. The highest BCUT2D eigenvalue weighted by Gasteiger charge is 2.40. The van der Waals surface area contributed by atoms with Crippen molar-refractivity contribution in [2.24, 2.45) is 5.73 Å². The zero-order chi connectivity index (χ0) is 28.5. The Morgan fingerprint density at radius 1 is 1.10 bits per heavy atom. The number of benzene rings is 2. The van der Waals surface area contributed by atoms with Crippen LogP contribution in [0.15, 0.2) is 66.0 Å². The van der Waals surface area contributed by atoms with E-state index in [0.29, 0.717) is 31.6 Å². The quantitative estimate of drug-likeness (QED) is 0.153. The van der Waals surface area contributed by atoms with Gasteiger partial charge in [0.25, 0.3) is 0 Å². The van der Waals surface area contributed by atoms with E-state index in [0.717, 1.165) is 21.8 Å². The Kier molecular flexibility index (Phi) is 9.91. The highest BCUT2D eigenvalue weighted by Crippen LogP contribution is 2.32. The SMILES string of the molecule is Cc1cccc(C2CC(C(=O)NCc3cc(C(=N)N)cs3)N(C(=O)CNC(=O)CCCOc3ccccc3)C2)c1. The molecule has 2 atom stereocenters. The van der Waals surface area contributed by atoms with Crippen molar-refractivity contribution in [1.82, 2.24) is 15.5 Å². The number of rotatable bonds is 12. The minimum absolute atomic E-state index is 0.0106. The number of nitrogen functional groups attached to an aromatic ring is 1. The molecule has 4 rings (SSSR count). The van der Waals surface area contributed by atoms with Crippen LogP contribution in [0.2, 0.25) is 0 Å². The lowest BCUT2D eigenvalue weighted by Gasteiger charge is -2.24. The molecule has 0 spiro atoms. The Morgan fingerprint density at radius 3 is 2.62 bits per heavy atom. The lowest BCUT2D eigenvalue weighted by molar-refractivity contribution is -0.138. The Morgan fingerprint density at radius 2 is 1.90 bits per heavy atom. The summed E-state index contributed by atoms with van der Waals surface area (Å²) in [5.41, 5.74) is 8.36. The lowest BCUT2D eigenvalue weighted by atomic mass is 9.95. The molecule has 0 saturated carbocycles. The summed E-state index contributed by atoms with van der Waals surface area (Å²) < 4.78 is 5.62. The molecule has 2 unspecified atom stereocenters. The van der Waals surface area contributed by atoms with Crippen molar-refractivity contribution in [3.05, 3.63) is 87.6 Å². The average Bonchev–Trinajstić information content (AvgIpc) is 3.62. The number of likely N-dealkylation sites (tertiary alicyclic amines) is 1. The molecule has 40 heavy (non-hydrogen) atoms. The van der Waals surface area contributed by atoms with E-state index in [-0.39, 0.29) is 49.0 Å². The molecule has 1 aliphatic rings. The van der Waals surface area contributed by atoms with Crippen molar-refractivity contribution in [3.63, 3.8) is 0 Å². The van der Waals surface area contributed by atoms with E-state index < -0.39 is 6.04 Å². The molecule has 3 aromatic rings. The first-order valence-electron chi connectivity index (χ1n) is 13.3. The molecule has 1 aliphatic heterocycles. The maximum atomic E-state index is 13.3. The largest absolute Gasteiger partial charge is 0.494 e. The number of nitrogens with zero attached hydrogens (tertiary/aromatic N) is 1. The van der Waals surface area contributed by atoms with Crippen LogP contribution < -0.4 is 21.1 Å². The number of thiophene rings is 1. The van der Waals surface area contributed by atoms with Crippen LogP contribution in [0.1, 0.15) is 46.7 Å². The van der Waals surface area contributed by atoms with Crippen LogP contribution in [0.25, 0.3) is 0 Å². The van der Waals surface area contributed by atoms with Gasteiger partial charge in [0.2, 0.25) is 17.7 Å². The topological polar surface area (TPSA) is 138 Å². The van der Waals surface area contributed by atoms with Crippen molar-refractivity contribution in [2.45, 2.75) is 44.7 Å². The first-order valence-corrected chi connectivity index (χ1v) is 14.2. The summed E-state index contributed by atoms with van der Waals surface area (Å²) in [7, 11) is 0. The normalized spacial score (nSPS) is 16.4. The fourth-order valence-corrected chi connectivity index (χ4v) is 5.56. The second kappa shape index (κ2) is 13.7. The Bertz CT molecular complexity index is 1340. The van der Waals surface area contributed by atoms with Gasteiger partial charge < -0.3 is 26.0 Å². The van der Waals surface area contributed by atoms with Crippen LogP contribution in [0.4, 0.5) is 0 Å². The number of nitrogens with one attached hydrogen (secondary N) is 3. The van der Waals surface area contributed by atoms with Crippen LogP contribution in [0, 0.1) is 12.3 Å². The molecule has 10 heteroatoms. The maximum Gasteiger partial charge on any atom is 0.243 e. The summed E-state index contributed by atoms with van der Waals surface area (Å²) in [4.78, 5) is 41.4. The summed E-state index contributed by atoms with van der Waals surface area (Å²) >= 11 is 1.41. The molecule has 1 fully saturated rings. The number of aryl methyl sites for hydroxylation is 1. The van der Waals surface area contributed by atoms with Crippen LogP contribution in [-0.4, -0.2) is 54.2 Å². The molecule has 3 amide bonds. The van der Waals surface area contributed by atoms with E-state index in [4.69, 9.17) is 15.9 Å². The molecule has 1 aromatic heterocycles. The number of nitrogens with two attached hydrogens (primary N) is 1. The number of amides is 3. The number of ether oxygens (including phenoxy) is 1. The van der Waals surface area contributed by atoms with Gasteiger partial charge in [-0.3, -0.25) is 19.8 Å². The summed E-state index contributed by atoms with van der Waals surface area (Å²) in [6.45, 7) is 2.93. The summed E-state index contributed by atoms with van der Waals surface area (Å²) in [6.07, 6.45) is 1.25. The van der Waals surface area contributed by atoms with Gasteiger partial charge in [-0.25, -0.2) is 0 Å². The third kappa shape index (κ3) is 7.92. The van der Waals surface area contributed by atoms with Crippen molar-refractivity contribution >= 4 is 34.9 Å². The standard InChI is InChI=1S/C30H35N5O4S/c1-20-7-5-8-21(13-20)22-15-26(30(38)34-16-25-14-23(19-40-25)29(31)32)35(18-22)28(37)17-33-27(36)11-6-12-39-24-9-3-2-4-10-24/h2-5,7-10,13-14,19,22,26H,6,11-12,15-18H2,1H3,(H3,31,32)(H,33,36)(H,34,38). The molecule has 9 nitrogen and oxygen atoms in total. The van der Waals surface area contributed by atoms with Crippen LogP contribution in [-0.2, 0) is 20.9 Å². The summed E-state index contributed by atoms with van der Waals surface area (Å²) in [5.74, 6) is -0.0353. The van der Waals surface area contributed by atoms with E-state index in [1.807, 2.05) is 55.5 Å². The second-order valence-electron chi connectivity index (χ2n) is 9.88. The maximum absolute atomic E-state index is 13.3. The Balaban J connectivity index is 1.33. The molecule has 0 bridgehead atoms. The van der Waals surface area contributed by atoms with Crippen molar-refractivity contribution < 1.29 is 19.1 Å². The highest BCUT2D eigenvalue weighted by molar-refractivity contribution is 7.10. The van der Waals surface area contributed by atoms with Gasteiger partial charge in [-0.2, -0.15) is 0 Å². The zero-order valence-corrected chi connectivity index (χ0v) is 23.3. The number of hydrogen-bond donors (Lipinski definition) is 4. The minimum Gasteiger partial charge on any atom is -0.494 e. The third-order valence-electron chi connectivity index (χ3n) is 6.84. The molecule has 0 radical (unpaired) electrons. The summed E-state index contributed by atoms with van der Waals surface area (Å²) in [5, 5.41) is 15.0. The van der Waals surface area contributed by atoms with Crippen molar-refractivity contribution in [2.75, 3.05) is 19.7 Å². The van der Waals surface area contributed by atoms with Gasteiger partial charge in [-0.15, -0.1) is 11.3 Å². The first-order chi connectivity index (χ1) is 19.3. The monoisotopic (exact) mass is 561 g/mol.